The summed E-state index contributed by atoms with van der Waals surface area (Å²) >= 11 is 1.32. The van der Waals surface area contributed by atoms with Crippen LogP contribution >= 0.6 is 11.3 Å². The van der Waals surface area contributed by atoms with Gasteiger partial charge in [0.05, 0.1) is 18.0 Å². The maximum absolute atomic E-state index is 10.6. The summed E-state index contributed by atoms with van der Waals surface area (Å²) in [7, 11) is 0. The van der Waals surface area contributed by atoms with Gasteiger partial charge in [0.25, 0.3) is 0 Å². The Bertz CT molecular complexity index is 939. The first kappa shape index (κ1) is 12.7. The van der Waals surface area contributed by atoms with Crippen LogP contribution in [0, 0.1) is 10.1 Å². The molecule has 7 nitrogen and oxygen atoms in total. The number of rotatable bonds is 3. The predicted molar refractivity (Wildman–Crippen MR) is 80.7 cm³/mol. The highest BCUT2D eigenvalue weighted by Crippen LogP contribution is 2.30. The van der Waals surface area contributed by atoms with Crippen molar-refractivity contribution in [2.24, 2.45) is 0 Å². The van der Waals surface area contributed by atoms with E-state index < -0.39 is 4.92 Å². The fourth-order valence-corrected chi connectivity index (χ4v) is 2.93. The first-order valence-electron chi connectivity index (χ1n) is 6.37. The van der Waals surface area contributed by atoms with Gasteiger partial charge in [0.15, 0.2) is 10.8 Å². The SMILES string of the molecule is O=[N+]([O-])c1ccc(-c2nn3cc(-c4ccccc4)nc3s2)o1. The molecule has 1 aromatic carbocycles. The average molecular weight is 312 g/mol. The van der Waals surface area contributed by atoms with Crippen molar-refractivity contribution in [1.82, 2.24) is 14.6 Å². The van der Waals surface area contributed by atoms with E-state index in [0.717, 1.165) is 11.3 Å². The highest BCUT2D eigenvalue weighted by molar-refractivity contribution is 7.19. The van der Waals surface area contributed by atoms with Crippen molar-refractivity contribution < 1.29 is 9.34 Å². The first-order chi connectivity index (χ1) is 10.7. The standard InChI is InChI=1S/C14H8N4O3S/c19-18(20)12-7-6-11(21-12)13-16-17-8-10(15-14(17)22-13)9-4-2-1-3-5-9/h1-8H. The van der Waals surface area contributed by atoms with Gasteiger partial charge in [-0.05, 0) is 6.07 Å². The molecule has 4 aromatic rings. The van der Waals surface area contributed by atoms with E-state index >= 15 is 0 Å². The molecule has 8 heteroatoms. The second-order valence-corrected chi connectivity index (χ2v) is 5.48. The second kappa shape index (κ2) is 4.78. The van der Waals surface area contributed by atoms with E-state index in [1.165, 1.54) is 23.5 Å². The van der Waals surface area contributed by atoms with Crippen LogP contribution in [0.15, 0.2) is 53.1 Å². The molecular formula is C14H8N4O3S. The number of hydrogen-bond donors (Lipinski definition) is 0. The molecule has 0 bridgehead atoms. The fraction of sp³-hybridized carbons (Fsp3) is 0. The third kappa shape index (κ3) is 2.06. The molecule has 0 aliphatic heterocycles. The minimum absolute atomic E-state index is 0.298. The van der Waals surface area contributed by atoms with Gasteiger partial charge >= 0.3 is 5.88 Å². The minimum Gasteiger partial charge on any atom is -0.398 e. The summed E-state index contributed by atoms with van der Waals surface area (Å²) < 4.78 is 6.80. The van der Waals surface area contributed by atoms with Gasteiger partial charge in [-0.2, -0.15) is 5.10 Å². The molecule has 0 amide bonds. The quantitative estimate of drug-likeness (QED) is 0.426. The summed E-state index contributed by atoms with van der Waals surface area (Å²) in [6, 6.07) is 12.6. The largest absolute Gasteiger partial charge is 0.433 e. The topological polar surface area (TPSA) is 86.5 Å². The summed E-state index contributed by atoms with van der Waals surface area (Å²) in [5, 5.41) is 15.6. The van der Waals surface area contributed by atoms with E-state index in [0.29, 0.717) is 15.7 Å². The van der Waals surface area contributed by atoms with Gasteiger partial charge < -0.3 is 4.42 Å². The Balaban J connectivity index is 1.73. The zero-order valence-corrected chi connectivity index (χ0v) is 11.9. The van der Waals surface area contributed by atoms with Crippen molar-refractivity contribution in [1.29, 1.82) is 0 Å². The summed E-state index contributed by atoms with van der Waals surface area (Å²) in [5.41, 5.74) is 1.84. The summed E-state index contributed by atoms with van der Waals surface area (Å²) in [5.74, 6) is 0.0660. The van der Waals surface area contributed by atoms with Crippen molar-refractivity contribution in [2.75, 3.05) is 0 Å². The van der Waals surface area contributed by atoms with Crippen LogP contribution in [0.2, 0.25) is 0 Å². The Morgan fingerprint density at radius 2 is 2.00 bits per heavy atom. The van der Waals surface area contributed by atoms with Crippen molar-refractivity contribution in [3.8, 4) is 22.0 Å². The number of aromatic nitrogens is 3. The van der Waals surface area contributed by atoms with Crippen molar-refractivity contribution >= 4 is 22.2 Å². The summed E-state index contributed by atoms with van der Waals surface area (Å²) in [6.45, 7) is 0. The Morgan fingerprint density at radius 3 is 2.68 bits per heavy atom. The molecule has 3 aromatic heterocycles. The van der Waals surface area contributed by atoms with E-state index in [1.807, 2.05) is 36.5 Å². The highest BCUT2D eigenvalue weighted by atomic mass is 32.1. The third-order valence-electron chi connectivity index (χ3n) is 3.10. The zero-order chi connectivity index (χ0) is 15.1. The molecule has 0 saturated heterocycles. The maximum Gasteiger partial charge on any atom is 0.433 e. The number of imidazole rings is 1. The van der Waals surface area contributed by atoms with Crippen LogP contribution in [0.3, 0.4) is 0 Å². The lowest BCUT2D eigenvalue weighted by Gasteiger charge is -1.93. The molecule has 0 N–H and O–H groups in total. The second-order valence-electron chi connectivity index (χ2n) is 4.52. The van der Waals surface area contributed by atoms with Crippen molar-refractivity contribution in [3.63, 3.8) is 0 Å². The molecule has 4 rings (SSSR count). The Labute approximate surface area is 127 Å². The lowest BCUT2D eigenvalue weighted by molar-refractivity contribution is -0.401. The van der Waals surface area contributed by atoms with E-state index in [4.69, 9.17) is 4.42 Å². The number of fused-ring (bicyclic) bond motifs is 1. The van der Waals surface area contributed by atoms with Crippen molar-refractivity contribution in [3.05, 3.63) is 58.8 Å². The van der Waals surface area contributed by atoms with Gasteiger partial charge in [-0.1, -0.05) is 41.7 Å². The van der Waals surface area contributed by atoms with Crippen LogP contribution in [0.4, 0.5) is 5.88 Å². The van der Waals surface area contributed by atoms with Gasteiger partial charge in [0.2, 0.25) is 4.96 Å². The number of nitrogens with zero attached hydrogens (tertiary/aromatic N) is 4. The van der Waals surface area contributed by atoms with Crippen LogP contribution in [0.25, 0.3) is 27.0 Å². The zero-order valence-electron chi connectivity index (χ0n) is 11.0. The van der Waals surface area contributed by atoms with E-state index in [-0.39, 0.29) is 5.88 Å². The first-order valence-corrected chi connectivity index (χ1v) is 7.18. The highest BCUT2D eigenvalue weighted by Gasteiger charge is 2.17. The molecule has 0 spiro atoms. The molecule has 3 heterocycles. The maximum atomic E-state index is 10.6. The molecule has 0 saturated carbocycles. The fourth-order valence-electron chi connectivity index (χ4n) is 2.09. The Kier molecular flexibility index (Phi) is 2.76. The molecule has 22 heavy (non-hydrogen) atoms. The third-order valence-corrected chi connectivity index (χ3v) is 4.03. The van der Waals surface area contributed by atoms with E-state index in [1.54, 1.807) is 4.52 Å². The average Bonchev–Trinajstić information content (AvgIpc) is 3.21. The van der Waals surface area contributed by atoms with Gasteiger partial charge in [0.1, 0.15) is 4.92 Å². The van der Waals surface area contributed by atoms with Crippen LogP contribution in [-0.4, -0.2) is 19.5 Å². The number of benzene rings is 1. The van der Waals surface area contributed by atoms with Gasteiger partial charge in [-0.25, -0.2) is 9.50 Å². The van der Waals surface area contributed by atoms with Gasteiger partial charge in [-0.15, -0.1) is 0 Å². The molecule has 108 valence electrons. The molecular weight excluding hydrogens is 304 g/mol. The lowest BCUT2D eigenvalue weighted by Crippen LogP contribution is -1.83. The van der Waals surface area contributed by atoms with Crippen LogP contribution < -0.4 is 0 Å². The molecule has 0 unspecified atom stereocenters. The van der Waals surface area contributed by atoms with Gasteiger partial charge in [0, 0.05) is 5.56 Å². The van der Waals surface area contributed by atoms with E-state index in [9.17, 15) is 10.1 Å². The molecule has 0 atom stereocenters. The van der Waals surface area contributed by atoms with E-state index in [2.05, 4.69) is 10.1 Å². The molecule has 0 aliphatic rings. The van der Waals surface area contributed by atoms with Gasteiger partial charge in [-0.3, -0.25) is 10.1 Å². The van der Waals surface area contributed by atoms with Crippen LogP contribution in [0.1, 0.15) is 0 Å². The smallest absolute Gasteiger partial charge is 0.398 e. The normalized spacial score (nSPS) is 11.1. The summed E-state index contributed by atoms with van der Waals surface area (Å²) in [4.78, 5) is 15.3. The van der Waals surface area contributed by atoms with Crippen LogP contribution in [0.5, 0.6) is 0 Å². The lowest BCUT2D eigenvalue weighted by atomic mass is 10.2. The predicted octanol–water partition coefficient (Wildman–Crippen LogP) is 3.63. The number of nitro groups is 1. The molecule has 0 aliphatic carbocycles. The molecule has 0 radical (unpaired) electrons. The minimum atomic E-state index is -0.574. The monoisotopic (exact) mass is 312 g/mol. The number of hydrogen-bond acceptors (Lipinski definition) is 6. The van der Waals surface area contributed by atoms with Crippen LogP contribution in [-0.2, 0) is 0 Å². The number of furan rings is 1. The molecule has 0 fully saturated rings. The summed E-state index contributed by atoms with van der Waals surface area (Å²) in [6.07, 6.45) is 1.82. The Hall–Kier alpha value is -3.00. The Morgan fingerprint density at radius 1 is 1.18 bits per heavy atom. The van der Waals surface area contributed by atoms with Crippen molar-refractivity contribution in [2.45, 2.75) is 0 Å².